The number of phenolic OH excluding ortho intramolecular Hbond substituents is 8. The number of nitrogens with zero attached hydrogens (tertiary/aromatic N) is 14. The third kappa shape index (κ3) is 19.5. The molecule has 0 radical (unpaired) electrons. The molecule has 13 heterocycles. The van der Waals surface area contributed by atoms with Crippen LogP contribution < -0.4 is 0 Å². The molecule has 13 aliphatic heterocycles. The van der Waals surface area contributed by atoms with Crippen molar-refractivity contribution < 1.29 is 145 Å². The van der Waals surface area contributed by atoms with Gasteiger partial charge >= 0.3 is 21.1 Å². The minimum absolute atomic E-state index is 0. The van der Waals surface area contributed by atoms with Gasteiger partial charge in [-0.1, -0.05) is 304 Å². The number of para-hydroxylation sites is 10. The van der Waals surface area contributed by atoms with Crippen LogP contribution in [-0.4, -0.2) is 124 Å². The molecular formula is C120H104N14O8Pt4S2Zn. The molecule has 0 saturated carbocycles. The molecule has 0 saturated heterocycles. The summed E-state index contributed by atoms with van der Waals surface area (Å²) in [6, 6.07) is 64.6. The van der Waals surface area contributed by atoms with Gasteiger partial charge in [0.15, 0.2) is 23.3 Å². The molecule has 13 aliphatic rings. The van der Waals surface area contributed by atoms with Crippen molar-refractivity contribution in [3.05, 3.63) is 356 Å². The van der Waals surface area contributed by atoms with Gasteiger partial charge in [0.05, 0.1) is 104 Å². The summed E-state index contributed by atoms with van der Waals surface area (Å²) in [6.07, 6.45) is 26.4. The van der Waals surface area contributed by atoms with Crippen molar-refractivity contribution in [1.29, 1.82) is 0 Å². The maximum atomic E-state index is 11.3. The zero-order chi connectivity index (χ0) is 102. The van der Waals surface area contributed by atoms with Crippen molar-refractivity contribution in [2.24, 2.45) is 69.9 Å². The predicted molar refractivity (Wildman–Crippen MR) is 587 cm³/mol. The molecule has 756 valence electrons. The van der Waals surface area contributed by atoms with E-state index in [9.17, 15) is 40.9 Å². The number of hydrogen-bond acceptors (Lipinski definition) is 24. The molecule has 29 heteroatoms. The average molecular weight is 2780 g/mol. The average Bonchev–Trinajstić information content (AvgIpc) is 1.52. The fraction of sp³-hybridized carbons (Fsp3) is 0.200. The molecule has 36 bridgehead atoms. The molecular weight excluding hydrogens is 2680 g/mol. The van der Waals surface area contributed by atoms with Crippen LogP contribution in [0.4, 0.5) is 11.4 Å². The second-order valence-electron chi connectivity index (χ2n) is 41.4. The second-order valence-corrected chi connectivity index (χ2v) is 42.2. The van der Waals surface area contributed by atoms with E-state index in [0.717, 1.165) is 134 Å². The molecule has 24 rings (SSSR count). The molecule has 8 N–H and O–H groups in total. The first kappa shape index (κ1) is 110. The van der Waals surface area contributed by atoms with Gasteiger partial charge in [0.1, 0.15) is 57.4 Å². The van der Waals surface area contributed by atoms with Gasteiger partial charge in [0, 0.05) is 216 Å². The molecule has 0 spiro atoms. The van der Waals surface area contributed by atoms with E-state index >= 15 is 0 Å². The molecule has 22 nitrogen and oxygen atoms in total. The van der Waals surface area contributed by atoms with Crippen LogP contribution in [0.15, 0.2) is 380 Å². The van der Waals surface area contributed by atoms with Crippen LogP contribution in [0.5, 0.6) is 46.0 Å². The Labute approximate surface area is 947 Å². The smallest absolute Gasteiger partial charge is 0.779 e. The topological polar surface area (TPSA) is 335 Å². The van der Waals surface area contributed by atoms with Crippen molar-refractivity contribution >= 4 is 120 Å². The number of benzene rings is 11. The molecule has 11 aromatic rings. The number of allylic oxidation sites excluding steroid dienone is 10. The SMILES string of the molecule is CC1(C)C2=NC(=C3C=CC(=N3)C(C)(C)c3cccc(c3O)-c3cccc1c3O)C=C2.CC1(C)C2=NC(=C3C=CC(=N3)C(C)(C)c3cccc(c3O)-c3cccc1c3O)C=C2.CC1(C)C2=NC(=C3N=CC(=N3)C(C)(C)c3cccc(c3[S-])-c3cccc1c3[S-])N=C2.CC1(C)C=Nc2ccccc2N=CC(C)(C)c2cccc(c2O)-c2cccc1c2O.Oc1c2cccc1-c1cccc(c1O)C1=NC(=C3C=NC2=N3)C=N1.[Pt+2].[Pt].[Pt].[Pt].[Zn]. The Balaban J connectivity index is 0.000000138. The standard InChI is InChI=1S/2C26H24N2O2.C26H26N2O2.C24H22N4S2.C18H10N4O2.4Pt.Zn/c2*1-25(2)17-9-5-7-15(23(17)29)16-8-6-10-18(24(16)30)26(3,4)22-14-12-20(28-22)19-11-13-21(25)27-19;1-25(2)15-27-21-13-5-6-14-22(21)28-16-26(3,4)20-12-8-10-18(24(20)30)17-9-7-11-19(25)23(17)29;1-23(2)15-9-5-7-13(19(15)29)14-8-6-10-16(20(14)30)24(3,4)18-12-26-22(28-18)21-25-11-17(23)27-21;23-15-9-3-1-5-11(15)17-19-7-13(21-17)14-8-20-18(22-14)12-6-2-4-10(9)16(12)24;;;;;/h2*5-14,29-30H,1-4H3;5-16,29-30H,1-4H3;5-12,29-30H,1-4H3;1-8,23-24H;;;;;/q;;;;;;;;+2;/p-2. The Bertz CT molecular complexity index is 7330. The van der Waals surface area contributed by atoms with E-state index in [1.807, 2.05) is 290 Å². The van der Waals surface area contributed by atoms with Gasteiger partial charge in [-0.3, -0.25) is 30.0 Å². The maximum absolute atomic E-state index is 11.3. The summed E-state index contributed by atoms with van der Waals surface area (Å²) in [5.74, 6) is 2.91. The first-order chi connectivity index (χ1) is 68.6. The van der Waals surface area contributed by atoms with E-state index in [2.05, 4.69) is 81.9 Å². The first-order valence-corrected chi connectivity index (χ1v) is 48.4. The molecule has 0 amide bonds. The van der Waals surface area contributed by atoms with Gasteiger partial charge in [0.2, 0.25) is 0 Å². The minimum atomic E-state index is -0.534. The Morgan fingerprint density at radius 3 is 0.718 bits per heavy atom. The molecule has 0 atom stereocenters. The number of fused-ring (bicyclic) bond motifs is 36. The Hall–Kier alpha value is -13.1. The van der Waals surface area contributed by atoms with Gasteiger partial charge in [-0.15, -0.1) is 0 Å². The number of aliphatic imine (C=N–C) groups is 14. The monoisotopic (exact) mass is 2780 g/mol. The van der Waals surface area contributed by atoms with E-state index in [4.69, 9.17) is 65.2 Å². The van der Waals surface area contributed by atoms with Crippen molar-refractivity contribution in [1.82, 2.24) is 0 Å². The minimum Gasteiger partial charge on any atom is -0.779 e. The van der Waals surface area contributed by atoms with Gasteiger partial charge in [0.25, 0.3) is 0 Å². The van der Waals surface area contributed by atoms with Gasteiger partial charge in [-0.05, 0) is 84.0 Å². The van der Waals surface area contributed by atoms with E-state index < -0.39 is 43.3 Å². The Morgan fingerprint density at radius 2 is 0.436 bits per heavy atom. The summed E-state index contributed by atoms with van der Waals surface area (Å²) >= 11 is 12.0. The quantitative estimate of drug-likeness (QED) is 0.0524. The van der Waals surface area contributed by atoms with Crippen molar-refractivity contribution in [3.8, 4) is 102 Å². The number of hydrogen-bond donors (Lipinski definition) is 8. The molecule has 11 aromatic carbocycles. The number of amidine groups is 2. The van der Waals surface area contributed by atoms with Crippen LogP contribution >= 0.6 is 0 Å². The first-order valence-electron chi connectivity index (χ1n) is 47.6. The van der Waals surface area contributed by atoms with Crippen molar-refractivity contribution in [3.63, 3.8) is 0 Å². The summed E-state index contributed by atoms with van der Waals surface area (Å²) < 4.78 is 0. The van der Waals surface area contributed by atoms with E-state index in [1.165, 1.54) is 0 Å². The van der Waals surface area contributed by atoms with E-state index in [-0.39, 0.29) is 150 Å². The second kappa shape index (κ2) is 41.7. The summed E-state index contributed by atoms with van der Waals surface area (Å²) in [4.78, 5) is 66.5. The zero-order valence-corrected chi connectivity index (χ0v) is 98.0. The zero-order valence-electron chi connectivity index (χ0n) is 84.3. The van der Waals surface area contributed by atoms with Crippen LogP contribution in [0.3, 0.4) is 0 Å². The van der Waals surface area contributed by atoms with Crippen molar-refractivity contribution in [2.45, 2.75) is 164 Å². The van der Waals surface area contributed by atoms with Crippen molar-refractivity contribution in [2.75, 3.05) is 0 Å². The largest absolute Gasteiger partial charge is 2.00 e. The normalized spacial score (nSPS) is 18.2. The molecule has 0 aromatic heterocycles. The summed E-state index contributed by atoms with van der Waals surface area (Å²) in [5.41, 5.74) is 21.2. The molecule has 149 heavy (non-hydrogen) atoms. The van der Waals surface area contributed by atoms with E-state index in [0.29, 0.717) is 90.3 Å². The maximum Gasteiger partial charge on any atom is 2.00 e. The predicted octanol–water partition coefficient (Wildman–Crippen LogP) is 25.1. The Morgan fingerprint density at radius 1 is 0.208 bits per heavy atom. The summed E-state index contributed by atoms with van der Waals surface area (Å²) in [5, 5.41) is 88.8. The fourth-order valence-electron chi connectivity index (χ4n) is 20.0. The molecule has 0 aliphatic carbocycles. The van der Waals surface area contributed by atoms with Gasteiger partial charge in [-0.25, -0.2) is 39.9 Å². The summed E-state index contributed by atoms with van der Waals surface area (Å²) in [6.45, 7) is 32.9. The third-order valence-electron chi connectivity index (χ3n) is 29.1. The number of phenols is 8. The molecule has 0 unspecified atom stereocenters. The van der Waals surface area contributed by atoms with Crippen LogP contribution in [-0.2, 0) is 172 Å². The van der Waals surface area contributed by atoms with E-state index in [1.54, 1.807) is 61.3 Å². The van der Waals surface area contributed by atoms with Crippen LogP contribution in [0, 0.1) is 0 Å². The van der Waals surface area contributed by atoms with Gasteiger partial charge in [-0.2, -0.15) is 9.79 Å². The fourth-order valence-corrected chi connectivity index (χ4v) is 21.0. The van der Waals surface area contributed by atoms with Crippen LogP contribution in [0.2, 0.25) is 0 Å². The number of rotatable bonds is 0. The van der Waals surface area contributed by atoms with Crippen LogP contribution in [0.1, 0.15) is 166 Å². The Kier molecular flexibility index (Phi) is 30.8. The number of aromatic hydroxyl groups is 8. The molecule has 0 fully saturated rings. The van der Waals surface area contributed by atoms with Crippen LogP contribution in [0.25, 0.3) is 55.6 Å². The summed E-state index contributed by atoms with van der Waals surface area (Å²) in [7, 11) is 0. The van der Waals surface area contributed by atoms with Gasteiger partial charge < -0.3 is 66.1 Å². The third-order valence-corrected chi connectivity index (χ3v) is 30.0.